The molecule has 0 radical (unpaired) electrons. The summed E-state index contributed by atoms with van der Waals surface area (Å²) >= 11 is 1.39. The molecule has 2 aliphatic rings. The lowest BCUT2D eigenvalue weighted by Crippen LogP contribution is -2.47. The van der Waals surface area contributed by atoms with Crippen molar-refractivity contribution in [2.45, 2.75) is 18.6 Å². The van der Waals surface area contributed by atoms with Gasteiger partial charge in [-0.15, -0.1) is 11.3 Å². The van der Waals surface area contributed by atoms with Gasteiger partial charge in [0.1, 0.15) is 5.69 Å². The summed E-state index contributed by atoms with van der Waals surface area (Å²) < 4.78 is 22.0. The monoisotopic (exact) mass is 405 g/mol. The third kappa shape index (κ3) is 3.78. The van der Waals surface area contributed by atoms with Crippen molar-refractivity contribution in [3.8, 4) is 11.5 Å². The van der Waals surface area contributed by atoms with Crippen molar-refractivity contribution < 1.29 is 23.7 Å². The number of amides is 1. The molecule has 2 aromatic rings. The van der Waals surface area contributed by atoms with E-state index in [1.807, 2.05) is 23.1 Å². The van der Waals surface area contributed by atoms with E-state index in [1.54, 1.807) is 19.6 Å². The molecule has 8 nitrogen and oxygen atoms in total. The summed E-state index contributed by atoms with van der Waals surface area (Å²) in [5, 5.41) is 5.63. The Balaban J connectivity index is 1.39. The van der Waals surface area contributed by atoms with Crippen molar-refractivity contribution >= 4 is 28.1 Å². The number of likely N-dealkylation sites (tertiary alicyclic amines) is 1. The fourth-order valence-corrected chi connectivity index (χ4v) is 4.17. The molecular formula is C19H23N3O5S. The number of ether oxygens (including phenoxy) is 4. The van der Waals surface area contributed by atoms with Crippen LogP contribution in [0.5, 0.6) is 11.5 Å². The summed E-state index contributed by atoms with van der Waals surface area (Å²) in [6.45, 7) is 2.47. The highest BCUT2D eigenvalue weighted by Crippen LogP contribution is 2.33. The summed E-state index contributed by atoms with van der Waals surface area (Å²) in [4.78, 5) is 19.0. The number of rotatable bonds is 5. The van der Waals surface area contributed by atoms with Gasteiger partial charge in [-0.3, -0.25) is 4.79 Å². The van der Waals surface area contributed by atoms with Gasteiger partial charge >= 0.3 is 0 Å². The van der Waals surface area contributed by atoms with Crippen molar-refractivity contribution in [1.82, 2.24) is 9.88 Å². The zero-order valence-electron chi connectivity index (χ0n) is 15.9. The average Bonchev–Trinajstić information content (AvgIpc) is 3.38. The zero-order valence-corrected chi connectivity index (χ0v) is 16.7. The Kier molecular flexibility index (Phi) is 5.38. The summed E-state index contributed by atoms with van der Waals surface area (Å²) in [6, 6.07) is 5.51. The predicted molar refractivity (Wildman–Crippen MR) is 105 cm³/mol. The molecule has 0 atom stereocenters. The van der Waals surface area contributed by atoms with Crippen LogP contribution in [0.1, 0.15) is 23.3 Å². The van der Waals surface area contributed by atoms with Gasteiger partial charge in [0.25, 0.3) is 5.91 Å². The van der Waals surface area contributed by atoms with Crippen LogP contribution in [-0.4, -0.2) is 62.1 Å². The maximum atomic E-state index is 12.8. The molecule has 4 rings (SSSR count). The summed E-state index contributed by atoms with van der Waals surface area (Å²) in [6.07, 6.45) is 1.39. The van der Waals surface area contributed by atoms with Crippen LogP contribution in [-0.2, 0) is 9.47 Å². The number of piperidine rings is 1. The van der Waals surface area contributed by atoms with E-state index in [0.717, 1.165) is 5.69 Å². The molecule has 150 valence electrons. The van der Waals surface area contributed by atoms with Gasteiger partial charge in [0.05, 0.1) is 27.4 Å². The van der Waals surface area contributed by atoms with E-state index in [-0.39, 0.29) is 5.91 Å². The quantitative estimate of drug-likeness (QED) is 0.819. The van der Waals surface area contributed by atoms with Crippen molar-refractivity contribution in [1.29, 1.82) is 0 Å². The number of carbonyl (C=O) groups excluding carboxylic acids is 1. The van der Waals surface area contributed by atoms with Crippen LogP contribution in [0.2, 0.25) is 0 Å². The largest absolute Gasteiger partial charge is 0.493 e. The van der Waals surface area contributed by atoms with Crippen molar-refractivity contribution in [3.63, 3.8) is 0 Å². The number of anilines is 2. The summed E-state index contributed by atoms with van der Waals surface area (Å²) in [5.41, 5.74) is 1.25. The van der Waals surface area contributed by atoms with Crippen molar-refractivity contribution in [2.24, 2.45) is 0 Å². The standard InChI is InChI=1S/C19H23N3O5S/c1-24-15-4-3-13(11-16(15)25-2)20-18-21-14(12-28-18)17(23)22-7-5-19(6-8-22)26-9-10-27-19/h3-4,11-12H,5-10H2,1-2H3,(H,20,21). The number of methoxy groups -OCH3 is 2. The molecular weight excluding hydrogens is 382 g/mol. The lowest BCUT2D eigenvalue weighted by molar-refractivity contribution is -0.181. The van der Waals surface area contributed by atoms with E-state index in [4.69, 9.17) is 18.9 Å². The maximum Gasteiger partial charge on any atom is 0.273 e. The molecule has 28 heavy (non-hydrogen) atoms. The van der Waals surface area contributed by atoms with E-state index in [0.29, 0.717) is 61.5 Å². The lowest BCUT2D eigenvalue weighted by atomic mass is 10.0. The van der Waals surface area contributed by atoms with Gasteiger partial charge in [0.2, 0.25) is 0 Å². The molecule has 9 heteroatoms. The zero-order chi connectivity index (χ0) is 19.6. The highest BCUT2D eigenvalue weighted by Gasteiger charge is 2.41. The van der Waals surface area contributed by atoms with E-state index in [9.17, 15) is 4.79 Å². The fourth-order valence-electron chi connectivity index (χ4n) is 3.47. The van der Waals surface area contributed by atoms with Gasteiger partial charge in [0.15, 0.2) is 22.4 Å². The average molecular weight is 405 g/mol. The first-order chi connectivity index (χ1) is 13.6. The molecule has 1 N–H and O–H groups in total. The third-order valence-corrected chi connectivity index (χ3v) is 5.74. The normalized spacial score (nSPS) is 18.3. The van der Waals surface area contributed by atoms with Gasteiger partial charge in [-0.1, -0.05) is 0 Å². The van der Waals surface area contributed by atoms with Crippen molar-refractivity contribution in [2.75, 3.05) is 45.8 Å². The van der Waals surface area contributed by atoms with Crippen LogP contribution in [0, 0.1) is 0 Å². The van der Waals surface area contributed by atoms with Crippen LogP contribution in [0.15, 0.2) is 23.6 Å². The summed E-state index contributed by atoms with van der Waals surface area (Å²) in [5.74, 6) is 0.725. The van der Waals surface area contributed by atoms with Gasteiger partial charge in [-0.2, -0.15) is 0 Å². The number of carbonyl (C=O) groups is 1. The topological polar surface area (TPSA) is 82.2 Å². The molecule has 3 heterocycles. The smallest absolute Gasteiger partial charge is 0.273 e. The van der Waals surface area contributed by atoms with Gasteiger partial charge < -0.3 is 29.2 Å². The minimum absolute atomic E-state index is 0.0653. The van der Waals surface area contributed by atoms with E-state index < -0.39 is 5.79 Å². The molecule has 2 saturated heterocycles. The number of hydrogen-bond donors (Lipinski definition) is 1. The van der Waals surface area contributed by atoms with Gasteiger partial charge in [0, 0.05) is 43.1 Å². The van der Waals surface area contributed by atoms with Crippen LogP contribution in [0.3, 0.4) is 0 Å². The number of thiazole rings is 1. The minimum Gasteiger partial charge on any atom is -0.493 e. The Morgan fingerprint density at radius 3 is 2.57 bits per heavy atom. The van der Waals surface area contributed by atoms with E-state index in [1.165, 1.54) is 11.3 Å². The fraction of sp³-hybridized carbons (Fsp3) is 0.474. The molecule has 1 aromatic heterocycles. The molecule has 1 spiro atoms. The number of benzene rings is 1. The minimum atomic E-state index is -0.487. The first kappa shape index (κ1) is 19.0. The van der Waals surface area contributed by atoms with Crippen LogP contribution >= 0.6 is 11.3 Å². The second-order valence-electron chi connectivity index (χ2n) is 6.63. The van der Waals surface area contributed by atoms with Crippen LogP contribution < -0.4 is 14.8 Å². The molecule has 0 saturated carbocycles. The van der Waals surface area contributed by atoms with Gasteiger partial charge in [-0.05, 0) is 12.1 Å². The lowest BCUT2D eigenvalue weighted by Gasteiger charge is -2.37. The number of nitrogens with one attached hydrogen (secondary N) is 1. The second-order valence-corrected chi connectivity index (χ2v) is 7.49. The SMILES string of the molecule is COc1ccc(Nc2nc(C(=O)N3CCC4(CC3)OCCO4)cs2)cc1OC. The first-order valence-corrected chi connectivity index (χ1v) is 10.0. The molecule has 0 unspecified atom stereocenters. The van der Waals surface area contributed by atoms with Crippen molar-refractivity contribution in [3.05, 3.63) is 29.3 Å². The van der Waals surface area contributed by atoms with E-state index >= 15 is 0 Å². The molecule has 1 amide bonds. The maximum absolute atomic E-state index is 12.8. The van der Waals surface area contributed by atoms with Crippen LogP contribution in [0.25, 0.3) is 0 Å². The van der Waals surface area contributed by atoms with Gasteiger partial charge in [-0.25, -0.2) is 4.98 Å². The Bertz CT molecular complexity index is 840. The highest BCUT2D eigenvalue weighted by molar-refractivity contribution is 7.14. The predicted octanol–water partition coefficient (Wildman–Crippen LogP) is 2.88. The molecule has 1 aromatic carbocycles. The molecule has 2 fully saturated rings. The number of nitrogens with zero attached hydrogens (tertiary/aromatic N) is 2. The number of hydrogen-bond acceptors (Lipinski definition) is 8. The Morgan fingerprint density at radius 1 is 1.18 bits per heavy atom. The Hall–Kier alpha value is -2.36. The summed E-state index contributed by atoms with van der Waals surface area (Å²) in [7, 11) is 3.18. The molecule has 0 bridgehead atoms. The first-order valence-electron chi connectivity index (χ1n) is 9.14. The van der Waals surface area contributed by atoms with Crippen LogP contribution in [0.4, 0.5) is 10.8 Å². The highest BCUT2D eigenvalue weighted by atomic mass is 32.1. The molecule has 0 aliphatic carbocycles. The third-order valence-electron chi connectivity index (χ3n) is 4.98. The Morgan fingerprint density at radius 2 is 1.89 bits per heavy atom. The number of aromatic nitrogens is 1. The molecule has 2 aliphatic heterocycles. The van der Waals surface area contributed by atoms with E-state index in [2.05, 4.69) is 10.3 Å². The Labute approximate surface area is 167 Å². The second kappa shape index (κ2) is 7.94.